The van der Waals surface area contributed by atoms with Gasteiger partial charge < -0.3 is 10.6 Å². The van der Waals surface area contributed by atoms with E-state index in [0.717, 1.165) is 0 Å². The van der Waals surface area contributed by atoms with Crippen LogP contribution in [0.5, 0.6) is 0 Å². The Kier molecular flexibility index (Phi) is 1.92. The molecule has 0 saturated heterocycles. The van der Waals surface area contributed by atoms with Gasteiger partial charge in [-0.15, -0.1) is 4.98 Å². The van der Waals surface area contributed by atoms with E-state index in [2.05, 4.69) is 14.8 Å². The molecular formula is C6H5ClN4. The summed E-state index contributed by atoms with van der Waals surface area (Å²) in [5, 5.41) is 0.227. The largest absolute Gasteiger partial charge is 0.391 e. The summed E-state index contributed by atoms with van der Waals surface area (Å²) in [4.78, 5) is 10.6. The molecule has 56 valence electrons. The Hall–Kier alpha value is -1.34. The van der Waals surface area contributed by atoms with E-state index in [1.807, 2.05) is 0 Å². The van der Waals surface area contributed by atoms with E-state index in [-0.39, 0.29) is 16.8 Å². The van der Waals surface area contributed by atoms with E-state index in [9.17, 15) is 0 Å². The average Bonchev–Trinajstić information content (AvgIpc) is 1.97. The van der Waals surface area contributed by atoms with Gasteiger partial charge in [0.15, 0.2) is 0 Å². The maximum Gasteiger partial charge on any atom is 0.313 e. The van der Waals surface area contributed by atoms with Crippen LogP contribution in [-0.4, -0.2) is 9.97 Å². The Bertz CT molecular complexity index is 328. The highest BCUT2D eigenvalue weighted by molar-refractivity contribution is 6.30. The van der Waals surface area contributed by atoms with E-state index in [1.54, 1.807) is 6.92 Å². The first-order valence-corrected chi connectivity index (χ1v) is 3.20. The standard InChI is InChI=1S/C6H5ClN4/c1-3-4(7)11-6(9-2)5(8)10-3/h1H3,(H2,8,10). The molecule has 2 N–H and O–H groups in total. The Morgan fingerprint density at radius 1 is 1.55 bits per heavy atom. The monoisotopic (exact) mass is 168 g/mol. The zero-order valence-corrected chi connectivity index (χ0v) is 6.55. The van der Waals surface area contributed by atoms with Crippen LogP contribution in [0.25, 0.3) is 4.85 Å². The maximum absolute atomic E-state index is 6.64. The number of rotatable bonds is 0. The predicted molar refractivity (Wildman–Crippen MR) is 42.5 cm³/mol. The number of aromatic nitrogens is 2. The number of nitrogens with zero attached hydrogens (tertiary/aromatic N) is 3. The first-order chi connectivity index (χ1) is 5.15. The average molecular weight is 169 g/mol. The van der Waals surface area contributed by atoms with E-state index in [4.69, 9.17) is 23.9 Å². The van der Waals surface area contributed by atoms with Crippen molar-refractivity contribution in [2.45, 2.75) is 6.92 Å². The Labute approximate surface area is 68.8 Å². The fourth-order valence-electron chi connectivity index (χ4n) is 0.590. The minimum absolute atomic E-state index is 0.0561. The normalized spacial score (nSPS) is 9.18. The van der Waals surface area contributed by atoms with Crippen LogP contribution in [0.2, 0.25) is 5.15 Å². The third kappa shape index (κ3) is 1.38. The highest BCUT2D eigenvalue weighted by atomic mass is 35.5. The van der Waals surface area contributed by atoms with Gasteiger partial charge in [-0.25, -0.2) is 4.98 Å². The SMILES string of the molecule is [C-]#[N+]c1nc(Cl)c(C)nc1N. The molecule has 0 amide bonds. The summed E-state index contributed by atoms with van der Waals surface area (Å²) in [6.45, 7) is 8.32. The summed E-state index contributed by atoms with van der Waals surface area (Å²) in [5.74, 6) is 0.183. The maximum atomic E-state index is 6.64. The van der Waals surface area contributed by atoms with Crippen molar-refractivity contribution in [3.8, 4) is 0 Å². The highest BCUT2D eigenvalue weighted by Crippen LogP contribution is 2.20. The molecule has 4 nitrogen and oxygen atoms in total. The fourth-order valence-corrected chi connectivity index (χ4v) is 0.713. The lowest BCUT2D eigenvalue weighted by molar-refractivity contribution is 1.14. The van der Waals surface area contributed by atoms with Crippen LogP contribution < -0.4 is 5.73 Å². The lowest BCUT2D eigenvalue weighted by Gasteiger charge is -1.96. The van der Waals surface area contributed by atoms with Crippen molar-refractivity contribution in [2.75, 3.05) is 5.73 Å². The molecule has 11 heavy (non-hydrogen) atoms. The van der Waals surface area contributed by atoms with Gasteiger partial charge in [0, 0.05) is 0 Å². The zero-order chi connectivity index (χ0) is 8.43. The molecule has 0 aliphatic heterocycles. The molecule has 0 aliphatic rings. The Morgan fingerprint density at radius 2 is 2.18 bits per heavy atom. The van der Waals surface area contributed by atoms with Crippen LogP contribution in [0.3, 0.4) is 0 Å². The fraction of sp³-hybridized carbons (Fsp3) is 0.167. The highest BCUT2D eigenvalue weighted by Gasteiger charge is 2.08. The number of anilines is 1. The van der Waals surface area contributed by atoms with Crippen LogP contribution in [0, 0.1) is 13.5 Å². The molecule has 1 aromatic heterocycles. The van der Waals surface area contributed by atoms with Crippen molar-refractivity contribution >= 4 is 23.2 Å². The molecule has 0 spiro atoms. The van der Waals surface area contributed by atoms with Gasteiger partial charge in [-0.2, -0.15) is 0 Å². The van der Waals surface area contributed by atoms with Crippen molar-refractivity contribution in [3.05, 3.63) is 22.3 Å². The lowest BCUT2D eigenvalue weighted by Crippen LogP contribution is -1.95. The summed E-state index contributed by atoms with van der Waals surface area (Å²) in [5.41, 5.74) is 5.89. The number of halogens is 1. The summed E-state index contributed by atoms with van der Waals surface area (Å²) in [7, 11) is 0. The third-order valence-electron chi connectivity index (χ3n) is 1.13. The molecule has 1 aromatic rings. The minimum Gasteiger partial charge on any atom is -0.391 e. The molecule has 0 saturated carbocycles. The first kappa shape index (κ1) is 7.76. The van der Waals surface area contributed by atoms with Crippen molar-refractivity contribution < 1.29 is 0 Å². The van der Waals surface area contributed by atoms with E-state index in [0.29, 0.717) is 5.69 Å². The number of hydrogen-bond donors (Lipinski definition) is 1. The van der Waals surface area contributed by atoms with Gasteiger partial charge in [0.05, 0.1) is 5.69 Å². The summed E-state index contributed by atoms with van der Waals surface area (Å²) in [6.07, 6.45) is 0. The number of aryl methyl sites for hydroxylation is 1. The second-order valence-electron chi connectivity index (χ2n) is 1.92. The van der Waals surface area contributed by atoms with Crippen LogP contribution in [0.15, 0.2) is 0 Å². The molecule has 0 radical (unpaired) electrons. The van der Waals surface area contributed by atoms with Gasteiger partial charge in [0.2, 0.25) is 5.15 Å². The van der Waals surface area contributed by atoms with Gasteiger partial charge in [-0.05, 0) is 18.5 Å². The molecular weight excluding hydrogens is 164 g/mol. The van der Waals surface area contributed by atoms with E-state index < -0.39 is 0 Å². The molecule has 0 atom stereocenters. The van der Waals surface area contributed by atoms with Gasteiger partial charge in [-0.3, -0.25) is 0 Å². The van der Waals surface area contributed by atoms with Crippen molar-refractivity contribution in [1.29, 1.82) is 0 Å². The number of nitrogens with two attached hydrogens (primary N) is 1. The van der Waals surface area contributed by atoms with Crippen LogP contribution >= 0.6 is 11.6 Å². The molecule has 1 rings (SSSR count). The smallest absolute Gasteiger partial charge is 0.313 e. The van der Waals surface area contributed by atoms with E-state index in [1.165, 1.54) is 0 Å². The predicted octanol–water partition coefficient (Wildman–Crippen LogP) is 1.57. The topological polar surface area (TPSA) is 56.2 Å². The third-order valence-corrected chi connectivity index (χ3v) is 1.48. The van der Waals surface area contributed by atoms with Gasteiger partial charge in [0.1, 0.15) is 5.82 Å². The number of hydrogen-bond acceptors (Lipinski definition) is 3. The van der Waals surface area contributed by atoms with Gasteiger partial charge >= 0.3 is 5.82 Å². The summed E-state index contributed by atoms with van der Waals surface area (Å²) < 4.78 is 0. The van der Waals surface area contributed by atoms with Crippen LogP contribution in [0.4, 0.5) is 11.6 Å². The zero-order valence-electron chi connectivity index (χ0n) is 5.80. The van der Waals surface area contributed by atoms with Crippen molar-refractivity contribution in [1.82, 2.24) is 9.97 Å². The van der Waals surface area contributed by atoms with Gasteiger partial charge in [-0.1, -0.05) is 6.57 Å². The quantitative estimate of drug-likeness (QED) is 0.599. The molecule has 1 heterocycles. The number of nitrogen functional groups attached to an aromatic ring is 1. The van der Waals surface area contributed by atoms with Crippen LogP contribution in [0.1, 0.15) is 5.69 Å². The molecule has 0 bridgehead atoms. The molecule has 0 aromatic carbocycles. The molecule has 5 heteroatoms. The summed E-state index contributed by atoms with van der Waals surface area (Å²) >= 11 is 5.59. The second-order valence-corrected chi connectivity index (χ2v) is 2.28. The van der Waals surface area contributed by atoms with Gasteiger partial charge in [0.25, 0.3) is 0 Å². The van der Waals surface area contributed by atoms with Crippen LogP contribution in [-0.2, 0) is 0 Å². The summed E-state index contributed by atoms with van der Waals surface area (Å²) in [6, 6.07) is 0. The Balaban J connectivity index is 3.35. The molecule has 0 unspecified atom stereocenters. The first-order valence-electron chi connectivity index (χ1n) is 2.82. The van der Waals surface area contributed by atoms with E-state index >= 15 is 0 Å². The molecule has 0 aliphatic carbocycles. The van der Waals surface area contributed by atoms with Crippen molar-refractivity contribution in [3.63, 3.8) is 0 Å². The Morgan fingerprint density at radius 3 is 2.73 bits per heavy atom. The lowest BCUT2D eigenvalue weighted by atomic mass is 10.5. The second kappa shape index (κ2) is 2.72. The minimum atomic E-state index is 0.0561. The molecule has 0 fully saturated rings. The van der Waals surface area contributed by atoms with Crippen molar-refractivity contribution in [2.24, 2.45) is 0 Å².